The molecule has 0 spiro atoms. The van der Waals surface area contributed by atoms with Crippen molar-refractivity contribution in [3.05, 3.63) is 41.4 Å². The van der Waals surface area contributed by atoms with Crippen LogP contribution in [0.15, 0.2) is 31.0 Å². The average Bonchev–Trinajstić information content (AvgIpc) is 3.44. The number of rotatable bonds is 6. The molecule has 0 radical (unpaired) electrons. The fraction of sp³-hybridized carbons (Fsp3) is 0.542. The van der Waals surface area contributed by atoms with E-state index in [4.69, 9.17) is 9.72 Å². The van der Waals surface area contributed by atoms with Crippen LogP contribution in [0.5, 0.6) is 0 Å². The number of pyridine rings is 1. The van der Waals surface area contributed by atoms with Crippen molar-refractivity contribution >= 4 is 34.0 Å². The number of anilines is 3. The van der Waals surface area contributed by atoms with E-state index in [1.807, 2.05) is 11.1 Å². The molecule has 2 unspecified atom stereocenters. The highest BCUT2D eigenvalue weighted by molar-refractivity contribution is 7.15. The molecule has 1 amide bonds. The van der Waals surface area contributed by atoms with Crippen molar-refractivity contribution in [2.45, 2.75) is 32.4 Å². The third-order valence-electron chi connectivity index (χ3n) is 6.88. The summed E-state index contributed by atoms with van der Waals surface area (Å²) in [6, 6.07) is 4.57. The van der Waals surface area contributed by atoms with Crippen LogP contribution in [0.4, 0.5) is 16.8 Å². The van der Waals surface area contributed by atoms with Crippen LogP contribution in [0.1, 0.15) is 23.3 Å². The van der Waals surface area contributed by atoms with Crippen LogP contribution in [-0.4, -0.2) is 77.7 Å². The van der Waals surface area contributed by atoms with Gasteiger partial charge < -0.3 is 19.9 Å². The first kappa shape index (κ1) is 22.3. The van der Waals surface area contributed by atoms with Gasteiger partial charge in [-0.1, -0.05) is 6.58 Å². The minimum absolute atomic E-state index is 0.0415. The standard InChI is InChI=1S/C24H32N6O2S/c1-3-23(31)30-7-5-19-4-6-29(16-20(19)30)22-13-18(15-28-8-10-32-11-9-28)12-21(26-22)27-24-25-14-17(2)33-24/h3,12-14,19-20H,1,4-11,15-16H2,2H3,(H,25,26,27). The lowest BCUT2D eigenvalue weighted by Crippen LogP contribution is -2.49. The van der Waals surface area contributed by atoms with Gasteiger partial charge in [-0.05, 0) is 49.5 Å². The number of aryl methyl sites for hydroxylation is 1. The van der Waals surface area contributed by atoms with Gasteiger partial charge in [-0.2, -0.15) is 0 Å². The SMILES string of the molecule is C=CC(=O)N1CCC2CCN(c3cc(CN4CCOCC4)cc(Nc4ncc(C)s4)n3)CC21. The lowest BCUT2D eigenvalue weighted by Gasteiger charge is -2.39. The number of nitrogens with one attached hydrogen (secondary N) is 1. The van der Waals surface area contributed by atoms with Crippen molar-refractivity contribution in [3.63, 3.8) is 0 Å². The van der Waals surface area contributed by atoms with Crippen LogP contribution < -0.4 is 10.2 Å². The Morgan fingerprint density at radius 2 is 2.09 bits per heavy atom. The number of likely N-dealkylation sites (tertiary alicyclic amines) is 1. The molecule has 5 rings (SSSR count). The smallest absolute Gasteiger partial charge is 0.246 e. The zero-order valence-electron chi connectivity index (χ0n) is 19.2. The Hall–Kier alpha value is -2.49. The summed E-state index contributed by atoms with van der Waals surface area (Å²) in [4.78, 5) is 29.7. The number of hydrogen-bond acceptors (Lipinski definition) is 8. The highest BCUT2D eigenvalue weighted by Gasteiger charge is 2.40. The number of thiazole rings is 1. The Labute approximate surface area is 199 Å². The molecule has 2 aromatic rings. The van der Waals surface area contributed by atoms with E-state index in [-0.39, 0.29) is 11.9 Å². The zero-order chi connectivity index (χ0) is 22.8. The van der Waals surface area contributed by atoms with Crippen molar-refractivity contribution < 1.29 is 9.53 Å². The maximum Gasteiger partial charge on any atom is 0.246 e. The van der Waals surface area contributed by atoms with E-state index in [0.717, 1.165) is 87.0 Å². The van der Waals surface area contributed by atoms with Crippen molar-refractivity contribution in [2.75, 3.05) is 56.2 Å². The summed E-state index contributed by atoms with van der Waals surface area (Å²) < 4.78 is 5.52. The van der Waals surface area contributed by atoms with Crippen molar-refractivity contribution in [2.24, 2.45) is 5.92 Å². The van der Waals surface area contributed by atoms with E-state index in [2.05, 4.69) is 45.7 Å². The number of piperidine rings is 1. The van der Waals surface area contributed by atoms with E-state index in [1.165, 1.54) is 11.6 Å². The maximum absolute atomic E-state index is 12.4. The third-order valence-corrected chi connectivity index (χ3v) is 7.71. The molecule has 176 valence electrons. The van der Waals surface area contributed by atoms with Gasteiger partial charge >= 0.3 is 0 Å². The van der Waals surface area contributed by atoms with E-state index in [0.29, 0.717) is 5.92 Å². The number of amides is 1. The summed E-state index contributed by atoms with van der Waals surface area (Å²) in [5.74, 6) is 2.39. The second-order valence-electron chi connectivity index (χ2n) is 9.09. The molecule has 5 heterocycles. The highest BCUT2D eigenvalue weighted by atomic mass is 32.1. The van der Waals surface area contributed by atoms with Gasteiger partial charge in [-0.25, -0.2) is 9.97 Å². The quantitative estimate of drug-likeness (QED) is 0.653. The Balaban J connectivity index is 1.40. The normalized spacial score (nSPS) is 23.4. The van der Waals surface area contributed by atoms with Gasteiger partial charge in [0.25, 0.3) is 0 Å². The first-order chi connectivity index (χ1) is 16.1. The van der Waals surface area contributed by atoms with Crippen LogP contribution in [0, 0.1) is 12.8 Å². The van der Waals surface area contributed by atoms with Gasteiger partial charge in [-0.3, -0.25) is 9.69 Å². The third kappa shape index (κ3) is 5.05. The number of morpholine rings is 1. The predicted molar refractivity (Wildman–Crippen MR) is 131 cm³/mol. The van der Waals surface area contributed by atoms with Gasteiger partial charge in [-0.15, -0.1) is 11.3 Å². The second-order valence-corrected chi connectivity index (χ2v) is 10.3. The van der Waals surface area contributed by atoms with E-state index in [1.54, 1.807) is 11.3 Å². The number of carbonyl (C=O) groups is 1. The molecular weight excluding hydrogens is 436 g/mol. The lowest BCUT2D eigenvalue weighted by atomic mass is 9.92. The summed E-state index contributed by atoms with van der Waals surface area (Å²) in [7, 11) is 0. The monoisotopic (exact) mass is 468 g/mol. The van der Waals surface area contributed by atoms with Crippen molar-refractivity contribution in [3.8, 4) is 0 Å². The van der Waals surface area contributed by atoms with Crippen LogP contribution in [0.3, 0.4) is 0 Å². The summed E-state index contributed by atoms with van der Waals surface area (Å²) in [5, 5.41) is 4.27. The average molecular weight is 469 g/mol. The number of ether oxygens (including phenoxy) is 1. The highest BCUT2D eigenvalue weighted by Crippen LogP contribution is 2.34. The zero-order valence-corrected chi connectivity index (χ0v) is 20.0. The van der Waals surface area contributed by atoms with E-state index < -0.39 is 0 Å². The topological polar surface area (TPSA) is 73.8 Å². The molecule has 3 saturated heterocycles. The molecule has 9 heteroatoms. The van der Waals surface area contributed by atoms with E-state index in [9.17, 15) is 4.79 Å². The molecule has 0 aliphatic carbocycles. The summed E-state index contributed by atoms with van der Waals surface area (Å²) >= 11 is 1.63. The first-order valence-electron chi connectivity index (χ1n) is 11.8. The number of nitrogens with zero attached hydrogens (tertiary/aromatic N) is 5. The lowest BCUT2D eigenvalue weighted by molar-refractivity contribution is -0.127. The fourth-order valence-corrected chi connectivity index (χ4v) is 5.84. The molecule has 2 atom stereocenters. The van der Waals surface area contributed by atoms with Crippen LogP contribution >= 0.6 is 11.3 Å². The minimum Gasteiger partial charge on any atom is -0.379 e. The van der Waals surface area contributed by atoms with E-state index >= 15 is 0 Å². The molecule has 33 heavy (non-hydrogen) atoms. The second kappa shape index (κ2) is 9.79. The Morgan fingerprint density at radius 1 is 1.27 bits per heavy atom. The number of hydrogen-bond donors (Lipinski definition) is 1. The predicted octanol–water partition coefficient (Wildman–Crippen LogP) is 3.04. The van der Waals surface area contributed by atoms with Gasteiger partial charge in [0.05, 0.1) is 19.3 Å². The Bertz CT molecular complexity index is 1000. The molecule has 2 aromatic heterocycles. The molecule has 3 aliphatic rings. The summed E-state index contributed by atoms with van der Waals surface area (Å²) in [5.41, 5.74) is 1.23. The molecule has 1 N–H and O–H groups in total. The number of aromatic nitrogens is 2. The number of carbonyl (C=O) groups excluding carboxylic acids is 1. The first-order valence-corrected chi connectivity index (χ1v) is 12.6. The summed E-state index contributed by atoms with van der Waals surface area (Å²) in [6.07, 6.45) is 5.48. The number of fused-ring (bicyclic) bond motifs is 1. The largest absolute Gasteiger partial charge is 0.379 e. The molecule has 3 fully saturated rings. The van der Waals surface area contributed by atoms with Crippen LogP contribution in [-0.2, 0) is 16.1 Å². The van der Waals surface area contributed by atoms with Crippen molar-refractivity contribution in [1.29, 1.82) is 0 Å². The molecule has 0 bridgehead atoms. The fourth-order valence-electron chi connectivity index (χ4n) is 5.17. The van der Waals surface area contributed by atoms with Gasteiger partial charge in [0.1, 0.15) is 11.6 Å². The Morgan fingerprint density at radius 3 is 2.85 bits per heavy atom. The maximum atomic E-state index is 12.4. The van der Waals surface area contributed by atoms with Crippen LogP contribution in [0.2, 0.25) is 0 Å². The molecule has 0 saturated carbocycles. The molecule has 3 aliphatic heterocycles. The van der Waals surface area contributed by atoms with Crippen LogP contribution in [0.25, 0.3) is 0 Å². The molecule has 0 aromatic carbocycles. The molecule has 8 nitrogen and oxygen atoms in total. The van der Waals surface area contributed by atoms with Gasteiger partial charge in [0, 0.05) is 50.3 Å². The molecular formula is C24H32N6O2S. The van der Waals surface area contributed by atoms with Crippen molar-refractivity contribution in [1.82, 2.24) is 19.8 Å². The Kier molecular flexibility index (Phi) is 6.62. The minimum atomic E-state index is 0.0415. The summed E-state index contributed by atoms with van der Waals surface area (Å²) in [6.45, 7) is 12.7. The van der Waals surface area contributed by atoms with Gasteiger partial charge in [0.15, 0.2) is 5.13 Å². The van der Waals surface area contributed by atoms with Gasteiger partial charge in [0.2, 0.25) is 5.91 Å².